The predicted octanol–water partition coefficient (Wildman–Crippen LogP) is 2.39. The molecular formula is C12H16BrClN2O3S. The first kappa shape index (κ1) is 16.0. The van der Waals surface area contributed by atoms with Crippen LogP contribution in [-0.4, -0.2) is 28.2 Å². The van der Waals surface area contributed by atoms with Crippen LogP contribution < -0.4 is 10.5 Å². The maximum Gasteiger partial charge on any atom is 0.241 e. The van der Waals surface area contributed by atoms with E-state index in [0.29, 0.717) is 23.6 Å². The Morgan fingerprint density at radius 1 is 1.45 bits per heavy atom. The van der Waals surface area contributed by atoms with E-state index in [0.717, 1.165) is 0 Å². The minimum absolute atomic E-state index is 0.0321. The molecule has 0 unspecified atom stereocenters. The Hall–Kier alpha value is -0.340. The second kappa shape index (κ2) is 6.62. The summed E-state index contributed by atoms with van der Waals surface area (Å²) in [5.74, 6) is 0.661. The van der Waals surface area contributed by atoms with Crippen LogP contribution in [0.25, 0.3) is 0 Å². The first-order chi connectivity index (χ1) is 9.40. The number of anilines is 1. The summed E-state index contributed by atoms with van der Waals surface area (Å²) in [6.45, 7) is 1.27. The minimum atomic E-state index is -3.66. The standard InChI is InChI=1S/C12H16BrClN2O3S/c13-12-10(15)5-9(14)6-11(12)20(17,18)16-3-4-19-7-8-1-2-8/h5-6,8,16H,1-4,7,15H2. The highest BCUT2D eigenvalue weighted by Gasteiger charge is 2.22. The Morgan fingerprint density at radius 3 is 2.80 bits per heavy atom. The van der Waals surface area contributed by atoms with E-state index in [-0.39, 0.29) is 22.2 Å². The molecule has 1 aromatic carbocycles. The van der Waals surface area contributed by atoms with E-state index >= 15 is 0 Å². The van der Waals surface area contributed by atoms with Crippen molar-refractivity contribution in [1.29, 1.82) is 0 Å². The summed E-state index contributed by atoms with van der Waals surface area (Å²) in [5, 5.41) is 0.274. The molecule has 20 heavy (non-hydrogen) atoms. The van der Waals surface area contributed by atoms with Gasteiger partial charge in [0.1, 0.15) is 0 Å². The fourth-order valence-electron chi connectivity index (χ4n) is 1.64. The third-order valence-electron chi connectivity index (χ3n) is 2.91. The molecule has 0 aromatic heterocycles. The molecule has 1 saturated carbocycles. The molecule has 0 aliphatic heterocycles. The molecule has 1 fully saturated rings. The molecule has 0 amide bonds. The van der Waals surface area contributed by atoms with Gasteiger partial charge in [0, 0.05) is 23.9 Å². The average molecular weight is 384 g/mol. The summed E-state index contributed by atoms with van der Waals surface area (Å²) in [4.78, 5) is 0.0321. The summed E-state index contributed by atoms with van der Waals surface area (Å²) < 4.78 is 32.5. The van der Waals surface area contributed by atoms with E-state index in [1.165, 1.54) is 25.0 Å². The SMILES string of the molecule is Nc1cc(Cl)cc(S(=O)(=O)NCCOCC2CC2)c1Br. The second-order valence-corrected chi connectivity index (χ2v) is 7.69. The number of sulfonamides is 1. The number of halogens is 2. The van der Waals surface area contributed by atoms with Crippen molar-refractivity contribution in [3.05, 3.63) is 21.6 Å². The van der Waals surface area contributed by atoms with Crippen molar-refractivity contribution in [3.63, 3.8) is 0 Å². The second-order valence-electron chi connectivity index (χ2n) is 4.72. The van der Waals surface area contributed by atoms with E-state index in [2.05, 4.69) is 20.7 Å². The van der Waals surface area contributed by atoms with Gasteiger partial charge in [0.2, 0.25) is 10.0 Å². The van der Waals surface area contributed by atoms with Crippen molar-refractivity contribution >= 4 is 43.2 Å². The van der Waals surface area contributed by atoms with Gasteiger partial charge in [0.05, 0.1) is 16.0 Å². The number of benzene rings is 1. The Kier molecular flexibility index (Phi) is 5.30. The van der Waals surface area contributed by atoms with Gasteiger partial charge >= 0.3 is 0 Å². The number of hydrogen-bond acceptors (Lipinski definition) is 4. The zero-order valence-corrected chi connectivity index (χ0v) is 13.9. The molecule has 2 rings (SSSR count). The molecular weight excluding hydrogens is 368 g/mol. The van der Waals surface area contributed by atoms with Crippen molar-refractivity contribution in [2.45, 2.75) is 17.7 Å². The van der Waals surface area contributed by atoms with Crippen LogP contribution in [0.4, 0.5) is 5.69 Å². The van der Waals surface area contributed by atoms with E-state index in [1.54, 1.807) is 0 Å². The normalized spacial score (nSPS) is 15.5. The number of hydrogen-bond donors (Lipinski definition) is 2. The largest absolute Gasteiger partial charge is 0.398 e. The van der Waals surface area contributed by atoms with Crippen LogP contribution in [0.15, 0.2) is 21.5 Å². The topological polar surface area (TPSA) is 81.4 Å². The molecule has 0 spiro atoms. The average Bonchev–Trinajstić information content (AvgIpc) is 3.17. The molecule has 5 nitrogen and oxygen atoms in total. The van der Waals surface area contributed by atoms with E-state index in [9.17, 15) is 8.42 Å². The van der Waals surface area contributed by atoms with Crippen molar-refractivity contribution in [2.75, 3.05) is 25.5 Å². The van der Waals surface area contributed by atoms with Crippen LogP contribution in [0.5, 0.6) is 0 Å². The van der Waals surface area contributed by atoms with Crippen LogP contribution in [0.3, 0.4) is 0 Å². The monoisotopic (exact) mass is 382 g/mol. The lowest BCUT2D eigenvalue weighted by Gasteiger charge is -2.11. The minimum Gasteiger partial charge on any atom is -0.398 e. The van der Waals surface area contributed by atoms with Crippen LogP contribution in [-0.2, 0) is 14.8 Å². The van der Waals surface area contributed by atoms with Gasteiger partial charge in [-0.05, 0) is 46.8 Å². The molecule has 1 aromatic rings. The van der Waals surface area contributed by atoms with Crippen molar-refractivity contribution in [2.24, 2.45) is 5.92 Å². The summed E-state index contributed by atoms with van der Waals surface area (Å²) >= 11 is 9.00. The zero-order valence-electron chi connectivity index (χ0n) is 10.7. The number of ether oxygens (including phenoxy) is 1. The smallest absolute Gasteiger partial charge is 0.241 e. The van der Waals surface area contributed by atoms with E-state index in [4.69, 9.17) is 22.1 Å². The van der Waals surface area contributed by atoms with Crippen LogP contribution in [0, 0.1) is 5.92 Å². The molecule has 0 radical (unpaired) electrons. The lowest BCUT2D eigenvalue weighted by Crippen LogP contribution is -2.28. The fourth-order valence-corrected chi connectivity index (χ4v) is 3.94. The molecule has 3 N–H and O–H groups in total. The molecule has 8 heteroatoms. The van der Waals surface area contributed by atoms with Gasteiger partial charge in [0.25, 0.3) is 0 Å². The maximum atomic E-state index is 12.2. The first-order valence-electron chi connectivity index (χ1n) is 6.22. The maximum absolute atomic E-state index is 12.2. The van der Waals surface area contributed by atoms with Crippen molar-refractivity contribution in [1.82, 2.24) is 4.72 Å². The first-order valence-corrected chi connectivity index (χ1v) is 8.87. The number of nitrogen functional groups attached to an aromatic ring is 1. The van der Waals surface area contributed by atoms with Crippen molar-refractivity contribution in [3.8, 4) is 0 Å². The van der Waals surface area contributed by atoms with Gasteiger partial charge in [-0.1, -0.05) is 11.6 Å². The Balaban J connectivity index is 1.95. The van der Waals surface area contributed by atoms with Crippen LogP contribution in [0.2, 0.25) is 5.02 Å². The summed E-state index contributed by atoms with van der Waals surface area (Å²) in [6.07, 6.45) is 2.42. The van der Waals surface area contributed by atoms with Gasteiger partial charge < -0.3 is 10.5 Å². The zero-order chi connectivity index (χ0) is 14.8. The number of nitrogens with one attached hydrogen (secondary N) is 1. The molecule has 0 bridgehead atoms. The molecule has 0 saturated heterocycles. The summed E-state index contributed by atoms with van der Waals surface area (Å²) in [6, 6.07) is 2.85. The third kappa shape index (κ3) is 4.33. The number of rotatable bonds is 7. The Bertz CT molecular complexity index is 591. The third-order valence-corrected chi connectivity index (χ3v) is 5.76. The molecule has 112 valence electrons. The Labute approximate surface area is 132 Å². The molecule has 0 atom stereocenters. The quantitative estimate of drug-likeness (QED) is 0.559. The van der Waals surface area contributed by atoms with Crippen molar-refractivity contribution < 1.29 is 13.2 Å². The van der Waals surface area contributed by atoms with Gasteiger partial charge in [-0.25, -0.2) is 13.1 Å². The lowest BCUT2D eigenvalue weighted by molar-refractivity contribution is 0.129. The van der Waals surface area contributed by atoms with Crippen LogP contribution >= 0.6 is 27.5 Å². The van der Waals surface area contributed by atoms with E-state index < -0.39 is 10.0 Å². The highest BCUT2D eigenvalue weighted by atomic mass is 79.9. The van der Waals surface area contributed by atoms with Gasteiger partial charge in [0.15, 0.2) is 0 Å². The lowest BCUT2D eigenvalue weighted by atomic mass is 10.3. The fraction of sp³-hybridized carbons (Fsp3) is 0.500. The number of nitrogens with two attached hydrogens (primary N) is 1. The highest BCUT2D eigenvalue weighted by Crippen LogP contribution is 2.31. The summed E-state index contributed by atoms with van der Waals surface area (Å²) in [7, 11) is -3.66. The van der Waals surface area contributed by atoms with Gasteiger partial charge in [-0.15, -0.1) is 0 Å². The summed E-state index contributed by atoms with van der Waals surface area (Å²) in [5.41, 5.74) is 5.97. The Morgan fingerprint density at radius 2 is 2.15 bits per heavy atom. The molecule has 0 heterocycles. The van der Waals surface area contributed by atoms with Crippen LogP contribution in [0.1, 0.15) is 12.8 Å². The highest BCUT2D eigenvalue weighted by molar-refractivity contribution is 9.10. The van der Waals surface area contributed by atoms with Gasteiger partial charge in [-0.3, -0.25) is 0 Å². The van der Waals surface area contributed by atoms with Gasteiger partial charge in [-0.2, -0.15) is 0 Å². The predicted molar refractivity (Wildman–Crippen MR) is 82.3 cm³/mol. The molecule has 1 aliphatic carbocycles. The van der Waals surface area contributed by atoms with E-state index in [1.807, 2.05) is 0 Å². The molecule has 1 aliphatic rings.